The van der Waals surface area contributed by atoms with Crippen LogP contribution in [-0.2, 0) is 6.54 Å². The molecule has 0 saturated carbocycles. The van der Waals surface area contributed by atoms with E-state index in [1.807, 2.05) is 12.1 Å². The quantitative estimate of drug-likeness (QED) is 0.866. The molecule has 0 bridgehead atoms. The van der Waals surface area contributed by atoms with E-state index in [1.165, 1.54) is 44.5 Å². The molecule has 2 aliphatic heterocycles. The van der Waals surface area contributed by atoms with E-state index in [1.54, 1.807) is 7.11 Å². The molecule has 0 aliphatic carbocycles. The Bertz CT molecular complexity index is 491. The molecule has 2 saturated heterocycles. The number of likely N-dealkylation sites (tertiary alicyclic amines) is 2. The van der Waals surface area contributed by atoms with Crippen LogP contribution >= 0.6 is 0 Å². The van der Waals surface area contributed by atoms with Crippen LogP contribution in [-0.4, -0.2) is 49.6 Å². The van der Waals surface area contributed by atoms with Crippen LogP contribution in [0.1, 0.15) is 24.8 Å². The van der Waals surface area contributed by atoms with Gasteiger partial charge >= 0.3 is 0 Å². The molecular weight excluding hydrogens is 262 g/mol. The van der Waals surface area contributed by atoms with Crippen LogP contribution in [0.2, 0.25) is 0 Å². The Labute approximate surface area is 127 Å². The molecule has 1 aromatic rings. The molecule has 4 nitrogen and oxygen atoms in total. The summed E-state index contributed by atoms with van der Waals surface area (Å²) in [6, 6.07) is 6.73. The first kappa shape index (κ1) is 14.7. The predicted octanol–water partition coefficient (Wildman–Crippen LogP) is 2.19. The fraction of sp³-hybridized carbons (Fsp3) is 0.647. The second-order valence-corrected chi connectivity index (χ2v) is 6.55. The number of ether oxygens (including phenoxy) is 1. The van der Waals surface area contributed by atoms with Gasteiger partial charge in [0.15, 0.2) is 0 Å². The topological polar surface area (TPSA) is 41.7 Å². The number of hydrogen-bond donors (Lipinski definition) is 1. The predicted molar refractivity (Wildman–Crippen MR) is 86.4 cm³/mol. The van der Waals surface area contributed by atoms with Crippen molar-refractivity contribution in [1.82, 2.24) is 9.80 Å². The largest absolute Gasteiger partial charge is 0.496 e. The zero-order valence-electron chi connectivity index (χ0n) is 13.2. The fourth-order valence-electron chi connectivity index (χ4n) is 4.03. The fourth-order valence-corrected chi connectivity index (χ4v) is 4.03. The van der Waals surface area contributed by atoms with Crippen molar-refractivity contribution in [3.8, 4) is 5.75 Å². The molecule has 2 heterocycles. The van der Waals surface area contributed by atoms with Gasteiger partial charge in [0.05, 0.1) is 7.11 Å². The number of hydrogen-bond acceptors (Lipinski definition) is 4. The van der Waals surface area contributed by atoms with Crippen molar-refractivity contribution in [3.63, 3.8) is 0 Å². The summed E-state index contributed by atoms with van der Waals surface area (Å²) < 4.78 is 5.48. The smallest absolute Gasteiger partial charge is 0.123 e. The van der Waals surface area contributed by atoms with Gasteiger partial charge in [0.25, 0.3) is 0 Å². The van der Waals surface area contributed by atoms with Crippen molar-refractivity contribution in [1.29, 1.82) is 0 Å². The standard InChI is InChI=1S/C17H27N3O/c1-19-8-3-4-13-11-20(9-7-16(13)19)12-14-10-15(18)5-6-17(14)21-2/h5-6,10,13,16H,3-4,7-9,11-12,18H2,1-2H3. The van der Waals surface area contributed by atoms with Crippen molar-refractivity contribution < 1.29 is 4.74 Å². The first-order valence-corrected chi connectivity index (χ1v) is 8.02. The Morgan fingerprint density at radius 2 is 2.14 bits per heavy atom. The molecule has 1 aromatic carbocycles. The number of methoxy groups -OCH3 is 1. The summed E-state index contributed by atoms with van der Waals surface area (Å²) in [5.41, 5.74) is 7.96. The lowest BCUT2D eigenvalue weighted by molar-refractivity contribution is 0.0352. The molecule has 3 rings (SSSR count). The van der Waals surface area contributed by atoms with Gasteiger partial charge in [0.1, 0.15) is 5.75 Å². The maximum Gasteiger partial charge on any atom is 0.123 e. The molecule has 116 valence electrons. The van der Waals surface area contributed by atoms with Gasteiger partial charge in [-0.05, 0) is 63.5 Å². The maximum absolute atomic E-state index is 5.93. The summed E-state index contributed by atoms with van der Waals surface area (Å²) in [5.74, 6) is 1.77. The Morgan fingerprint density at radius 3 is 2.95 bits per heavy atom. The normalized spacial score (nSPS) is 27.3. The summed E-state index contributed by atoms with van der Waals surface area (Å²) in [5, 5.41) is 0. The minimum atomic E-state index is 0.790. The number of nitrogens with zero attached hydrogens (tertiary/aromatic N) is 2. The highest BCUT2D eigenvalue weighted by molar-refractivity contribution is 5.47. The first-order valence-electron chi connectivity index (χ1n) is 8.02. The molecule has 0 amide bonds. The van der Waals surface area contributed by atoms with Crippen molar-refractivity contribution >= 4 is 5.69 Å². The van der Waals surface area contributed by atoms with Crippen molar-refractivity contribution in [2.45, 2.75) is 31.8 Å². The highest BCUT2D eigenvalue weighted by Crippen LogP contribution is 2.31. The average Bonchev–Trinajstić information content (AvgIpc) is 2.48. The van der Waals surface area contributed by atoms with Crippen molar-refractivity contribution in [2.24, 2.45) is 5.92 Å². The molecule has 21 heavy (non-hydrogen) atoms. The highest BCUT2D eigenvalue weighted by atomic mass is 16.5. The zero-order valence-corrected chi connectivity index (χ0v) is 13.2. The Morgan fingerprint density at radius 1 is 1.29 bits per heavy atom. The third-order valence-corrected chi connectivity index (χ3v) is 5.13. The number of nitrogen functional groups attached to an aromatic ring is 1. The minimum absolute atomic E-state index is 0.790. The van der Waals surface area contributed by atoms with Crippen LogP contribution in [0.3, 0.4) is 0 Å². The number of nitrogens with two attached hydrogens (primary N) is 1. The minimum Gasteiger partial charge on any atom is -0.496 e. The second kappa shape index (κ2) is 6.24. The molecule has 0 spiro atoms. The van der Waals surface area contributed by atoms with Gasteiger partial charge in [-0.3, -0.25) is 4.90 Å². The van der Waals surface area contributed by atoms with Gasteiger partial charge in [0, 0.05) is 30.4 Å². The van der Waals surface area contributed by atoms with Gasteiger partial charge in [0.2, 0.25) is 0 Å². The zero-order chi connectivity index (χ0) is 14.8. The Kier molecular flexibility index (Phi) is 4.36. The maximum atomic E-state index is 5.93. The van der Waals surface area contributed by atoms with Crippen LogP contribution in [0.15, 0.2) is 18.2 Å². The van der Waals surface area contributed by atoms with E-state index in [0.717, 1.165) is 29.9 Å². The van der Waals surface area contributed by atoms with E-state index in [2.05, 4.69) is 22.9 Å². The molecule has 2 fully saturated rings. The van der Waals surface area contributed by atoms with Crippen LogP contribution < -0.4 is 10.5 Å². The third-order valence-electron chi connectivity index (χ3n) is 5.13. The van der Waals surface area contributed by atoms with Crippen LogP contribution in [0.5, 0.6) is 5.75 Å². The van der Waals surface area contributed by atoms with E-state index in [9.17, 15) is 0 Å². The second-order valence-electron chi connectivity index (χ2n) is 6.55. The van der Waals surface area contributed by atoms with Crippen molar-refractivity contribution in [3.05, 3.63) is 23.8 Å². The molecule has 2 unspecified atom stereocenters. The van der Waals surface area contributed by atoms with Gasteiger partial charge in [-0.2, -0.15) is 0 Å². The summed E-state index contributed by atoms with van der Waals surface area (Å²) >= 11 is 0. The monoisotopic (exact) mass is 289 g/mol. The van der Waals surface area contributed by atoms with Gasteiger partial charge in [-0.15, -0.1) is 0 Å². The van der Waals surface area contributed by atoms with Crippen LogP contribution in [0.4, 0.5) is 5.69 Å². The summed E-state index contributed by atoms with van der Waals surface area (Å²) in [6.45, 7) is 4.59. The average molecular weight is 289 g/mol. The third kappa shape index (κ3) is 3.16. The molecule has 4 heteroatoms. The van der Waals surface area contributed by atoms with Crippen LogP contribution in [0, 0.1) is 5.92 Å². The highest BCUT2D eigenvalue weighted by Gasteiger charge is 2.34. The molecule has 2 aliphatic rings. The summed E-state index contributed by atoms with van der Waals surface area (Å²) in [7, 11) is 4.02. The van der Waals surface area contributed by atoms with Gasteiger partial charge < -0.3 is 15.4 Å². The lowest BCUT2D eigenvalue weighted by atomic mass is 9.84. The lowest BCUT2D eigenvalue weighted by Crippen LogP contribution is -2.52. The molecule has 2 N–H and O–H groups in total. The molecule has 0 aromatic heterocycles. The van der Waals surface area contributed by atoms with E-state index in [-0.39, 0.29) is 0 Å². The van der Waals surface area contributed by atoms with E-state index in [0.29, 0.717) is 0 Å². The van der Waals surface area contributed by atoms with Crippen molar-refractivity contribution in [2.75, 3.05) is 39.5 Å². The summed E-state index contributed by atoms with van der Waals surface area (Å²) in [6.07, 6.45) is 4.00. The molecule has 2 atom stereocenters. The van der Waals surface area contributed by atoms with Crippen LogP contribution in [0.25, 0.3) is 0 Å². The lowest BCUT2D eigenvalue weighted by Gasteiger charge is -2.46. The summed E-state index contributed by atoms with van der Waals surface area (Å²) in [4.78, 5) is 5.13. The van der Waals surface area contributed by atoms with Gasteiger partial charge in [-0.1, -0.05) is 0 Å². The number of fused-ring (bicyclic) bond motifs is 1. The molecule has 0 radical (unpaired) electrons. The van der Waals surface area contributed by atoms with Gasteiger partial charge in [-0.25, -0.2) is 0 Å². The molecular formula is C17H27N3O. The van der Waals surface area contributed by atoms with E-state index >= 15 is 0 Å². The number of rotatable bonds is 3. The Balaban J connectivity index is 1.68. The SMILES string of the molecule is COc1ccc(N)cc1CN1CCC2C(CCCN2C)C1. The van der Waals surface area contributed by atoms with E-state index < -0.39 is 0 Å². The number of benzene rings is 1. The first-order chi connectivity index (χ1) is 10.2. The number of piperidine rings is 2. The van der Waals surface area contributed by atoms with E-state index in [4.69, 9.17) is 10.5 Å². The number of anilines is 1. The Hall–Kier alpha value is -1.26.